The molecule has 0 saturated carbocycles. The summed E-state index contributed by atoms with van der Waals surface area (Å²) in [5.41, 5.74) is 1.19. The monoisotopic (exact) mass is 228 g/mol. The first-order valence-corrected chi connectivity index (χ1v) is 5.72. The van der Waals surface area contributed by atoms with Crippen LogP contribution in [0.15, 0.2) is 54.9 Å². The highest BCUT2D eigenvalue weighted by atomic mass is 16.5. The van der Waals surface area contributed by atoms with Crippen molar-refractivity contribution in [1.29, 1.82) is 0 Å². The number of benzene rings is 1. The van der Waals surface area contributed by atoms with Gasteiger partial charge in [0.1, 0.15) is 12.4 Å². The van der Waals surface area contributed by atoms with E-state index >= 15 is 0 Å². The van der Waals surface area contributed by atoms with Crippen LogP contribution in [0, 0.1) is 0 Å². The molecule has 0 atom stereocenters. The lowest BCUT2D eigenvalue weighted by molar-refractivity contribution is 0.313. The van der Waals surface area contributed by atoms with E-state index in [2.05, 4.69) is 16.4 Å². The van der Waals surface area contributed by atoms with E-state index in [9.17, 15) is 0 Å². The molecule has 1 heterocycles. The highest BCUT2D eigenvalue weighted by Crippen LogP contribution is 2.07. The highest BCUT2D eigenvalue weighted by molar-refractivity contribution is 5.20. The van der Waals surface area contributed by atoms with Crippen molar-refractivity contribution in [3.8, 4) is 5.75 Å². The number of pyridine rings is 1. The summed E-state index contributed by atoms with van der Waals surface area (Å²) in [6.45, 7) is 2.32. The summed E-state index contributed by atoms with van der Waals surface area (Å²) in [5.74, 6) is 0.913. The van der Waals surface area contributed by atoms with Gasteiger partial charge in [0.05, 0.1) is 0 Å². The van der Waals surface area contributed by atoms with Crippen molar-refractivity contribution in [2.45, 2.75) is 6.54 Å². The Labute approximate surface area is 101 Å². The SMILES string of the molecule is c1ccc(OCCNCc2cccnc2)cc1. The fraction of sp³-hybridized carbons (Fsp3) is 0.214. The number of hydrogen-bond donors (Lipinski definition) is 1. The number of nitrogens with zero attached hydrogens (tertiary/aromatic N) is 1. The maximum absolute atomic E-state index is 5.57. The Morgan fingerprint density at radius 1 is 1.06 bits per heavy atom. The molecule has 2 rings (SSSR count). The molecule has 0 bridgehead atoms. The Morgan fingerprint density at radius 3 is 2.71 bits per heavy atom. The maximum Gasteiger partial charge on any atom is 0.119 e. The molecule has 2 aromatic rings. The molecule has 0 amide bonds. The zero-order chi connectivity index (χ0) is 11.8. The summed E-state index contributed by atoms with van der Waals surface area (Å²) in [7, 11) is 0. The Kier molecular flexibility index (Phi) is 4.55. The lowest BCUT2D eigenvalue weighted by Crippen LogP contribution is -2.20. The molecule has 1 aromatic carbocycles. The summed E-state index contributed by atoms with van der Waals surface area (Å²) in [5, 5.41) is 3.31. The van der Waals surface area contributed by atoms with Crippen molar-refractivity contribution in [2.24, 2.45) is 0 Å². The van der Waals surface area contributed by atoms with Crippen LogP contribution in [0.5, 0.6) is 5.75 Å². The van der Waals surface area contributed by atoms with Gasteiger partial charge in [-0.3, -0.25) is 4.98 Å². The maximum atomic E-state index is 5.57. The zero-order valence-corrected chi connectivity index (χ0v) is 9.67. The second-order valence-corrected chi connectivity index (χ2v) is 3.70. The van der Waals surface area contributed by atoms with Crippen LogP contribution >= 0.6 is 0 Å². The van der Waals surface area contributed by atoms with Crippen LogP contribution in [0.1, 0.15) is 5.56 Å². The third-order valence-electron chi connectivity index (χ3n) is 2.34. The van der Waals surface area contributed by atoms with Crippen molar-refractivity contribution >= 4 is 0 Å². The van der Waals surface area contributed by atoms with Crippen molar-refractivity contribution in [3.63, 3.8) is 0 Å². The van der Waals surface area contributed by atoms with Crippen molar-refractivity contribution in [1.82, 2.24) is 10.3 Å². The summed E-state index contributed by atoms with van der Waals surface area (Å²) in [6.07, 6.45) is 3.65. The third-order valence-corrected chi connectivity index (χ3v) is 2.34. The molecule has 1 aromatic heterocycles. The van der Waals surface area contributed by atoms with E-state index < -0.39 is 0 Å². The van der Waals surface area contributed by atoms with Gasteiger partial charge in [-0.2, -0.15) is 0 Å². The minimum Gasteiger partial charge on any atom is -0.492 e. The normalized spacial score (nSPS) is 10.1. The molecular formula is C14H16N2O. The largest absolute Gasteiger partial charge is 0.492 e. The Hall–Kier alpha value is -1.87. The number of nitrogens with one attached hydrogen (secondary N) is 1. The van der Waals surface area contributed by atoms with Crippen LogP contribution in [0.3, 0.4) is 0 Å². The molecule has 0 spiro atoms. The van der Waals surface area contributed by atoms with Crippen molar-refractivity contribution in [2.75, 3.05) is 13.2 Å². The number of ether oxygens (including phenoxy) is 1. The van der Waals surface area contributed by atoms with Crippen LogP contribution in [-0.2, 0) is 6.54 Å². The molecule has 0 aliphatic carbocycles. The number of aromatic nitrogens is 1. The molecule has 0 aliphatic rings. The van der Waals surface area contributed by atoms with E-state index in [4.69, 9.17) is 4.74 Å². The van der Waals surface area contributed by atoms with Gasteiger partial charge in [-0.25, -0.2) is 0 Å². The van der Waals surface area contributed by atoms with E-state index in [1.807, 2.05) is 42.6 Å². The predicted octanol–water partition coefficient (Wildman–Crippen LogP) is 2.25. The fourth-order valence-electron chi connectivity index (χ4n) is 1.49. The van der Waals surface area contributed by atoms with Gasteiger partial charge in [-0.15, -0.1) is 0 Å². The van der Waals surface area contributed by atoms with Gasteiger partial charge in [0.15, 0.2) is 0 Å². The second-order valence-electron chi connectivity index (χ2n) is 3.70. The number of hydrogen-bond acceptors (Lipinski definition) is 3. The Bertz CT molecular complexity index is 375. The number of rotatable bonds is 6. The molecule has 1 N–H and O–H groups in total. The molecule has 0 saturated heterocycles. The van der Waals surface area contributed by atoms with E-state index in [0.717, 1.165) is 18.8 Å². The van der Waals surface area contributed by atoms with Gasteiger partial charge in [0.2, 0.25) is 0 Å². The van der Waals surface area contributed by atoms with E-state index in [1.54, 1.807) is 6.20 Å². The van der Waals surface area contributed by atoms with Gasteiger partial charge in [-0.05, 0) is 23.8 Å². The van der Waals surface area contributed by atoms with Gasteiger partial charge in [0.25, 0.3) is 0 Å². The molecule has 0 aliphatic heterocycles. The average molecular weight is 228 g/mol. The van der Waals surface area contributed by atoms with Crippen molar-refractivity contribution < 1.29 is 4.74 Å². The summed E-state index contributed by atoms with van der Waals surface area (Å²) in [6, 6.07) is 13.8. The smallest absolute Gasteiger partial charge is 0.119 e. The van der Waals surface area contributed by atoms with Gasteiger partial charge >= 0.3 is 0 Å². The molecule has 88 valence electrons. The highest BCUT2D eigenvalue weighted by Gasteiger charge is 1.93. The minimum atomic E-state index is 0.671. The Morgan fingerprint density at radius 2 is 1.94 bits per heavy atom. The quantitative estimate of drug-likeness (QED) is 0.770. The molecule has 0 fully saturated rings. The minimum absolute atomic E-state index is 0.671. The molecule has 0 unspecified atom stereocenters. The summed E-state index contributed by atoms with van der Waals surface area (Å²) in [4.78, 5) is 4.06. The predicted molar refractivity (Wildman–Crippen MR) is 67.9 cm³/mol. The molecular weight excluding hydrogens is 212 g/mol. The van der Waals surface area contributed by atoms with E-state index in [0.29, 0.717) is 6.61 Å². The zero-order valence-electron chi connectivity index (χ0n) is 9.67. The lowest BCUT2D eigenvalue weighted by Gasteiger charge is -2.07. The van der Waals surface area contributed by atoms with Crippen LogP contribution in [-0.4, -0.2) is 18.1 Å². The van der Waals surface area contributed by atoms with Crippen LogP contribution in [0.25, 0.3) is 0 Å². The fourth-order valence-corrected chi connectivity index (χ4v) is 1.49. The van der Waals surface area contributed by atoms with Gasteiger partial charge < -0.3 is 10.1 Å². The average Bonchev–Trinajstić information content (AvgIpc) is 2.41. The van der Waals surface area contributed by atoms with Crippen LogP contribution in [0.4, 0.5) is 0 Å². The molecule has 17 heavy (non-hydrogen) atoms. The third kappa shape index (κ3) is 4.25. The van der Waals surface area contributed by atoms with E-state index in [-0.39, 0.29) is 0 Å². The topological polar surface area (TPSA) is 34.1 Å². The molecule has 3 heteroatoms. The Balaban J connectivity index is 1.61. The second kappa shape index (κ2) is 6.66. The van der Waals surface area contributed by atoms with Gasteiger partial charge in [0, 0.05) is 25.5 Å². The summed E-state index contributed by atoms with van der Waals surface area (Å²) < 4.78 is 5.57. The number of para-hydroxylation sites is 1. The van der Waals surface area contributed by atoms with Gasteiger partial charge in [-0.1, -0.05) is 24.3 Å². The van der Waals surface area contributed by atoms with Crippen molar-refractivity contribution in [3.05, 3.63) is 60.4 Å². The van der Waals surface area contributed by atoms with Crippen LogP contribution < -0.4 is 10.1 Å². The first-order valence-electron chi connectivity index (χ1n) is 5.72. The van der Waals surface area contributed by atoms with Crippen LogP contribution in [0.2, 0.25) is 0 Å². The first-order chi connectivity index (χ1) is 8.45. The summed E-state index contributed by atoms with van der Waals surface area (Å²) >= 11 is 0. The molecule has 3 nitrogen and oxygen atoms in total. The first kappa shape index (κ1) is 11.6. The molecule has 0 radical (unpaired) electrons. The lowest BCUT2D eigenvalue weighted by atomic mass is 10.3. The van der Waals surface area contributed by atoms with E-state index in [1.165, 1.54) is 5.56 Å². The standard InChI is InChI=1S/C14H16N2O/c1-2-6-14(7-3-1)17-10-9-16-12-13-5-4-8-15-11-13/h1-8,11,16H,9-10,12H2.